The Kier molecular flexibility index (Phi) is 5.96. The maximum Gasteiger partial charge on any atom is 0.123 e. The van der Waals surface area contributed by atoms with E-state index < -0.39 is 0 Å². The van der Waals surface area contributed by atoms with Crippen molar-refractivity contribution >= 4 is 0 Å². The molecule has 1 atom stereocenters. The van der Waals surface area contributed by atoms with E-state index in [1.54, 1.807) is 0 Å². The molecule has 0 saturated carbocycles. The van der Waals surface area contributed by atoms with Crippen molar-refractivity contribution < 1.29 is 9.50 Å². The van der Waals surface area contributed by atoms with Crippen LogP contribution in [0, 0.1) is 5.82 Å². The number of hydrogen-bond acceptors (Lipinski definition) is 3. The van der Waals surface area contributed by atoms with E-state index in [-0.39, 0.29) is 12.4 Å². The Balaban J connectivity index is 1.61. The van der Waals surface area contributed by atoms with Gasteiger partial charge in [-0.25, -0.2) is 4.39 Å². The standard InChI is InChI=1S/C20H25FN2O/c21-19-8-6-18(7-9-19)14-22-11-12-23(20(16-22)10-13-24)15-17-4-2-1-3-5-17/h1-9,20,24H,10-16H2/t20-/m0/s1. The van der Waals surface area contributed by atoms with Crippen LogP contribution >= 0.6 is 0 Å². The van der Waals surface area contributed by atoms with Crippen molar-refractivity contribution in [1.82, 2.24) is 9.80 Å². The predicted molar refractivity (Wildman–Crippen MR) is 94.0 cm³/mol. The topological polar surface area (TPSA) is 26.7 Å². The highest BCUT2D eigenvalue weighted by Crippen LogP contribution is 2.18. The average Bonchev–Trinajstić information content (AvgIpc) is 2.60. The molecule has 1 aliphatic heterocycles. The third-order valence-electron chi connectivity index (χ3n) is 4.70. The fourth-order valence-electron chi connectivity index (χ4n) is 3.40. The van der Waals surface area contributed by atoms with Crippen molar-refractivity contribution in [1.29, 1.82) is 0 Å². The van der Waals surface area contributed by atoms with E-state index >= 15 is 0 Å². The molecule has 24 heavy (non-hydrogen) atoms. The second-order valence-electron chi connectivity index (χ2n) is 6.48. The number of nitrogens with zero attached hydrogens (tertiary/aromatic N) is 2. The molecule has 3 nitrogen and oxygen atoms in total. The Bertz CT molecular complexity index is 617. The second-order valence-corrected chi connectivity index (χ2v) is 6.48. The van der Waals surface area contributed by atoms with E-state index in [9.17, 15) is 9.50 Å². The molecule has 0 aliphatic carbocycles. The molecule has 4 heteroatoms. The minimum absolute atomic E-state index is 0.190. The summed E-state index contributed by atoms with van der Waals surface area (Å²) in [6.45, 7) is 4.88. The number of piperazine rings is 1. The normalized spacial score (nSPS) is 19.5. The van der Waals surface area contributed by atoms with Crippen molar-refractivity contribution in [2.24, 2.45) is 0 Å². The lowest BCUT2D eigenvalue weighted by Gasteiger charge is -2.41. The summed E-state index contributed by atoms with van der Waals surface area (Å²) in [5.74, 6) is -0.190. The summed E-state index contributed by atoms with van der Waals surface area (Å²) in [5, 5.41) is 9.42. The largest absolute Gasteiger partial charge is 0.396 e. The van der Waals surface area contributed by atoms with Gasteiger partial charge in [0.15, 0.2) is 0 Å². The van der Waals surface area contributed by atoms with Crippen LogP contribution in [-0.4, -0.2) is 47.2 Å². The number of halogens is 1. The third kappa shape index (κ3) is 4.63. The van der Waals surface area contributed by atoms with E-state index in [4.69, 9.17) is 0 Å². The lowest BCUT2D eigenvalue weighted by atomic mass is 10.1. The maximum absolute atomic E-state index is 13.0. The molecule has 3 rings (SSSR count). The average molecular weight is 328 g/mol. The lowest BCUT2D eigenvalue weighted by Crippen LogP contribution is -2.52. The zero-order chi connectivity index (χ0) is 16.8. The van der Waals surface area contributed by atoms with Gasteiger partial charge in [0, 0.05) is 45.4 Å². The van der Waals surface area contributed by atoms with E-state index in [0.717, 1.165) is 44.7 Å². The molecule has 0 aromatic heterocycles. The fourth-order valence-corrected chi connectivity index (χ4v) is 3.40. The lowest BCUT2D eigenvalue weighted by molar-refractivity contribution is 0.0500. The number of hydrogen-bond donors (Lipinski definition) is 1. The van der Waals surface area contributed by atoms with Crippen molar-refractivity contribution in [2.45, 2.75) is 25.6 Å². The highest BCUT2D eigenvalue weighted by Gasteiger charge is 2.26. The zero-order valence-corrected chi connectivity index (χ0v) is 13.9. The first kappa shape index (κ1) is 17.1. The van der Waals surface area contributed by atoms with Crippen molar-refractivity contribution in [3.05, 3.63) is 71.5 Å². The Labute approximate surface area is 143 Å². The SMILES string of the molecule is OCC[C@H]1CN(Cc2ccc(F)cc2)CCN1Cc1ccccc1. The van der Waals surface area contributed by atoms with Gasteiger partial charge in [0.05, 0.1) is 0 Å². The monoisotopic (exact) mass is 328 g/mol. The molecular formula is C20H25FN2O. The van der Waals surface area contributed by atoms with Gasteiger partial charge in [-0.2, -0.15) is 0 Å². The molecule has 0 radical (unpaired) electrons. The quantitative estimate of drug-likeness (QED) is 0.883. The van der Waals surface area contributed by atoms with Crippen LogP contribution < -0.4 is 0 Å². The second kappa shape index (κ2) is 8.38. The molecule has 1 heterocycles. The van der Waals surface area contributed by atoms with Crippen LogP contribution in [0.1, 0.15) is 17.5 Å². The third-order valence-corrected chi connectivity index (χ3v) is 4.70. The van der Waals surface area contributed by atoms with Crippen LogP contribution in [0.5, 0.6) is 0 Å². The summed E-state index contributed by atoms with van der Waals surface area (Å²) in [5.41, 5.74) is 2.45. The fraction of sp³-hybridized carbons (Fsp3) is 0.400. The molecule has 1 aliphatic rings. The van der Waals surface area contributed by atoms with Gasteiger partial charge in [-0.15, -0.1) is 0 Å². The van der Waals surface area contributed by atoms with Crippen LogP contribution in [-0.2, 0) is 13.1 Å². The summed E-state index contributed by atoms with van der Waals surface area (Å²) in [6, 6.07) is 17.6. The molecule has 1 saturated heterocycles. The zero-order valence-electron chi connectivity index (χ0n) is 13.9. The van der Waals surface area contributed by atoms with Crippen LogP contribution in [0.25, 0.3) is 0 Å². The summed E-state index contributed by atoms with van der Waals surface area (Å²) in [4.78, 5) is 4.86. The summed E-state index contributed by atoms with van der Waals surface area (Å²) < 4.78 is 13.0. The van der Waals surface area contributed by atoms with Crippen molar-refractivity contribution in [3.63, 3.8) is 0 Å². The van der Waals surface area contributed by atoms with E-state index in [1.807, 2.05) is 18.2 Å². The highest BCUT2D eigenvalue weighted by atomic mass is 19.1. The van der Waals surface area contributed by atoms with E-state index in [2.05, 4.69) is 34.1 Å². The number of benzene rings is 2. The summed E-state index contributed by atoms with van der Waals surface area (Å²) in [6.07, 6.45) is 0.784. The Hall–Kier alpha value is -1.75. The Morgan fingerprint density at radius 1 is 0.917 bits per heavy atom. The van der Waals surface area contributed by atoms with Gasteiger partial charge in [-0.05, 0) is 29.7 Å². The van der Waals surface area contributed by atoms with E-state index in [1.165, 1.54) is 17.7 Å². The van der Waals surface area contributed by atoms with Crippen LogP contribution in [0.15, 0.2) is 54.6 Å². The van der Waals surface area contributed by atoms with Gasteiger partial charge in [0.25, 0.3) is 0 Å². The first-order valence-corrected chi connectivity index (χ1v) is 8.60. The molecule has 128 valence electrons. The minimum atomic E-state index is -0.190. The van der Waals surface area contributed by atoms with E-state index in [0.29, 0.717) is 6.04 Å². The smallest absolute Gasteiger partial charge is 0.123 e. The number of aliphatic hydroxyl groups excluding tert-OH is 1. The molecule has 0 bridgehead atoms. The van der Waals surface area contributed by atoms with Gasteiger partial charge in [0.2, 0.25) is 0 Å². The van der Waals surface area contributed by atoms with Crippen LogP contribution in [0.4, 0.5) is 4.39 Å². The molecule has 1 fully saturated rings. The molecule has 0 amide bonds. The van der Waals surface area contributed by atoms with Gasteiger partial charge in [-0.1, -0.05) is 42.5 Å². The first-order chi connectivity index (χ1) is 11.7. The minimum Gasteiger partial charge on any atom is -0.396 e. The number of rotatable bonds is 6. The van der Waals surface area contributed by atoms with Crippen LogP contribution in [0.2, 0.25) is 0 Å². The first-order valence-electron chi connectivity index (χ1n) is 8.60. The molecule has 2 aromatic rings. The predicted octanol–water partition coefficient (Wildman–Crippen LogP) is 2.89. The molecule has 0 unspecified atom stereocenters. The maximum atomic E-state index is 13.0. The van der Waals surface area contributed by atoms with Gasteiger partial charge < -0.3 is 5.11 Å². The van der Waals surface area contributed by atoms with Crippen molar-refractivity contribution in [3.8, 4) is 0 Å². The Morgan fingerprint density at radius 2 is 1.62 bits per heavy atom. The van der Waals surface area contributed by atoms with Gasteiger partial charge in [-0.3, -0.25) is 9.80 Å². The molecule has 0 spiro atoms. The van der Waals surface area contributed by atoms with Crippen LogP contribution in [0.3, 0.4) is 0 Å². The molecule has 1 N–H and O–H groups in total. The van der Waals surface area contributed by atoms with Gasteiger partial charge >= 0.3 is 0 Å². The summed E-state index contributed by atoms with van der Waals surface area (Å²) >= 11 is 0. The van der Waals surface area contributed by atoms with Crippen molar-refractivity contribution in [2.75, 3.05) is 26.2 Å². The molecule has 2 aromatic carbocycles. The summed E-state index contributed by atoms with van der Waals surface area (Å²) in [7, 11) is 0. The number of aliphatic hydroxyl groups is 1. The van der Waals surface area contributed by atoms with Gasteiger partial charge in [0.1, 0.15) is 5.82 Å². The Morgan fingerprint density at radius 3 is 2.33 bits per heavy atom. The highest BCUT2D eigenvalue weighted by molar-refractivity contribution is 5.17. The molecular weight excluding hydrogens is 303 g/mol.